The molecule has 2 unspecified atom stereocenters. The first-order valence-electron chi connectivity index (χ1n) is 11.1. The number of H-pyrrole nitrogens is 1. The van der Waals surface area contributed by atoms with E-state index in [1.54, 1.807) is 0 Å². The Morgan fingerprint density at radius 1 is 1.06 bits per heavy atom. The quantitative estimate of drug-likeness (QED) is 0.436. The van der Waals surface area contributed by atoms with E-state index in [1.807, 2.05) is 50.2 Å². The molecule has 1 aromatic heterocycles. The third kappa shape index (κ3) is 3.98. The van der Waals surface area contributed by atoms with E-state index in [2.05, 4.69) is 58.0 Å². The molecule has 162 valence electrons. The monoisotopic (exact) mass is 424 g/mol. The Morgan fingerprint density at radius 3 is 2.53 bits per heavy atom. The number of benzene rings is 3. The van der Waals surface area contributed by atoms with Gasteiger partial charge in [-0.3, -0.25) is 9.89 Å². The van der Waals surface area contributed by atoms with Crippen LogP contribution in [0, 0.1) is 6.92 Å². The minimum absolute atomic E-state index is 0.0105. The Morgan fingerprint density at radius 2 is 1.81 bits per heavy atom. The van der Waals surface area contributed by atoms with Crippen LogP contribution in [0.15, 0.2) is 66.7 Å². The van der Waals surface area contributed by atoms with Gasteiger partial charge in [-0.15, -0.1) is 0 Å². The molecular formula is C27H28N4O. The SMILES string of the molecule is Cc1cc2[nH]nc(C3CC3c3ccccc3)c2cc1NC(=O)Cc1ccc(N(C)C)cc1. The molecule has 5 nitrogen and oxygen atoms in total. The molecule has 5 heteroatoms. The molecule has 3 aromatic carbocycles. The molecule has 1 heterocycles. The molecule has 2 N–H and O–H groups in total. The van der Waals surface area contributed by atoms with E-state index >= 15 is 0 Å². The van der Waals surface area contributed by atoms with Crippen molar-refractivity contribution in [1.29, 1.82) is 0 Å². The number of aromatic amines is 1. The minimum atomic E-state index is -0.0105. The number of hydrogen-bond acceptors (Lipinski definition) is 3. The average Bonchev–Trinajstić information content (AvgIpc) is 3.48. The van der Waals surface area contributed by atoms with Gasteiger partial charge in [0.2, 0.25) is 5.91 Å². The van der Waals surface area contributed by atoms with Crippen LogP contribution in [-0.4, -0.2) is 30.2 Å². The Kier molecular flexibility index (Phi) is 5.17. The summed E-state index contributed by atoms with van der Waals surface area (Å²) in [6.07, 6.45) is 1.46. The highest BCUT2D eigenvalue weighted by Crippen LogP contribution is 2.55. The van der Waals surface area contributed by atoms with Crippen LogP contribution in [-0.2, 0) is 11.2 Å². The molecule has 1 aliphatic rings. The van der Waals surface area contributed by atoms with E-state index in [9.17, 15) is 4.79 Å². The van der Waals surface area contributed by atoms with Crippen LogP contribution in [0.5, 0.6) is 0 Å². The average molecular weight is 425 g/mol. The summed E-state index contributed by atoms with van der Waals surface area (Å²) < 4.78 is 0. The second-order valence-corrected chi connectivity index (χ2v) is 8.97. The number of anilines is 2. The zero-order valence-corrected chi connectivity index (χ0v) is 18.7. The molecule has 1 saturated carbocycles. The van der Waals surface area contributed by atoms with E-state index < -0.39 is 0 Å². The van der Waals surface area contributed by atoms with Gasteiger partial charge in [0.15, 0.2) is 0 Å². The van der Waals surface area contributed by atoms with Crippen LogP contribution in [0.25, 0.3) is 10.9 Å². The standard InChI is InChI=1S/C27H28N4O/c1-17-13-25-23(27(30-29-25)22-15-21(22)19-7-5-4-6-8-19)16-24(17)28-26(32)14-18-9-11-20(12-10-18)31(2)3/h4-13,16,21-22H,14-15H2,1-3H3,(H,28,32)(H,29,30). The van der Waals surface area contributed by atoms with Crippen molar-refractivity contribution in [1.82, 2.24) is 10.2 Å². The molecule has 0 radical (unpaired) electrons. The fraction of sp³-hybridized carbons (Fsp3) is 0.259. The van der Waals surface area contributed by atoms with Gasteiger partial charge in [0.25, 0.3) is 0 Å². The molecule has 1 fully saturated rings. The normalized spacial score (nSPS) is 17.3. The van der Waals surface area contributed by atoms with Crippen molar-refractivity contribution in [3.05, 3.63) is 89.1 Å². The largest absolute Gasteiger partial charge is 0.378 e. The highest BCUT2D eigenvalue weighted by atomic mass is 16.1. The van der Waals surface area contributed by atoms with Crippen LogP contribution >= 0.6 is 0 Å². The van der Waals surface area contributed by atoms with Gasteiger partial charge in [0.1, 0.15) is 0 Å². The first kappa shape index (κ1) is 20.3. The number of aromatic nitrogens is 2. The van der Waals surface area contributed by atoms with Crippen LogP contribution in [0.3, 0.4) is 0 Å². The van der Waals surface area contributed by atoms with Gasteiger partial charge in [0, 0.05) is 36.8 Å². The van der Waals surface area contributed by atoms with E-state index in [0.717, 1.165) is 45.5 Å². The molecule has 1 aliphatic carbocycles. The van der Waals surface area contributed by atoms with E-state index in [0.29, 0.717) is 18.3 Å². The Hall–Kier alpha value is -3.60. The molecule has 0 aliphatic heterocycles. The molecule has 1 amide bonds. The predicted molar refractivity (Wildman–Crippen MR) is 130 cm³/mol. The van der Waals surface area contributed by atoms with Crippen LogP contribution in [0.2, 0.25) is 0 Å². The van der Waals surface area contributed by atoms with Crippen LogP contribution in [0.4, 0.5) is 11.4 Å². The third-order valence-corrected chi connectivity index (χ3v) is 6.40. The van der Waals surface area contributed by atoms with Gasteiger partial charge in [0.05, 0.1) is 17.6 Å². The lowest BCUT2D eigenvalue weighted by Crippen LogP contribution is -2.15. The number of amides is 1. The van der Waals surface area contributed by atoms with E-state index in [4.69, 9.17) is 0 Å². The van der Waals surface area contributed by atoms with Crippen molar-refractivity contribution >= 4 is 28.2 Å². The van der Waals surface area contributed by atoms with Crippen molar-refractivity contribution in [3.63, 3.8) is 0 Å². The Balaban J connectivity index is 1.34. The summed E-state index contributed by atoms with van der Waals surface area (Å²) in [5.74, 6) is 0.934. The fourth-order valence-corrected chi connectivity index (χ4v) is 4.47. The zero-order valence-electron chi connectivity index (χ0n) is 18.7. The van der Waals surface area contributed by atoms with Gasteiger partial charge in [-0.25, -0.2) is 0 Å². The highest BCUT2D eigenvalue weighted by Gasteiger charge is 2.42. The topological polar surface area (TPSA) is 61.0 Å². The van der Waals surface area contributed by atoms with Crippen molar-refractivity contribution in [2.45, 2.75) is 31.6 Å². The number of nitrogens with zero attached hydrogens (tertiary/aromatic N) is 2. The number of fused-ring (bicyclic) bond motifs is 1. The maximum Gasteiger partial charge on any atom is 0.228 e. The van der Waals surface area contributed by atoms with Crippen molar-refractivity contribution in [2.24, 2.45) is 0 Å². The molecule has 2 atom stereocenters. The van der Waals surface area contributed by atoms with Gasteiger partial charge in [-0.05, 0) is 60.2 Å². The molecular weight excluding hydrogens is 396 g/mol. The molecule has 32 heavy (non-hydrogen) atoms. The van der Waals surface area contributed by atoms with E-state index in [1.165, 1.54) is 5.56 Å². The summed E-state index contributed by atoms with van der Waals surface area (Å²) in [4.78, 5) is 14.8. The van der Waals surface area contributed by atoms with Crippen LogP contribution < -0.4 is 10.2 Å². The number of carbonyl (C=O) groups excluding carboxylic acids is 1. The summed E-state index contributed by atoms with van der Waals surface area (Å²) in [6.45, 7) is 2.02. The number of aryl methyl sites for hydroxylation is 1. The zero-order chi connectivity index (χ0) is 22.2. The number of rotatable bonds is 6. The molecule has 5 rings (SSSR count). The summed E-state index contributed by atoms with van der Waals surface area (Å²) in [5.41, 5.74) is 7.49. The maximum absolute atomic E-state index is 12.8. The lowest BCUT2D eigenvalue weighted by Gasteiger charge is -2.13. The van der Waals surface area contributed by atoms with Crippen molar-refractivity contribution < 1.29 is 4.79 Å². The van der Waals surface area contributed by atoms with Gasteiger partial charge >= 0.3 is 0 Å². The molecule has 0 bridgehead atoms. The van der Waals surface area contributed by atoms with Crippen LogP contribution in [0.1, 0.15) is 40.6 Å². The van der Waals surface area contributed by atoms with Crippen molar-refractivity contribution in [3.8, 4) is 0 Å². The maximum atomic E-state index is 12.8. The Labute approximate surface area is 188 Å². The molecule has 0 saturated heterocycles. The second-order valence-electron chi connectivity index (χ2n) is 8.97. The summed E-state index contributed by atoms with van der Waals surface area (Å²) in [6, 6.07) is 22.9. The third-order valence-electron chi connectivity index (χ3n) is 6.40. The lowest BCUT2D eigenvalue weighted by molar-refractivity contribution is -0.115. The minimum Gasteiger partial charge on any atom is -0.378 e. The first-order valence-corrected chi connectivity index (χ1v) is 11.1. The lowest BCUT2D eigenvalue weighted by atomic mass is 10.0. The number of carbonyl (C=O) groups is 1. The second kappa shape index (κ2) is 8.15. The summed E-state index contributed by atoms with van der Waals surface area (Å²) in [7, 11) is 4.02. The fourth-order valence-electron chi connectivity index (χ4n) is 4.47. The first-order chi connectivity index (χ1) is 15.5. The predicted octanol–water partition coefficient (Wildman–Crippen LogP) is 5.39. The Bertz CT molecular complexity index is 1260. The smallest absolute Gasteiger partial charge is 0.228 e. The highest BCUT2D eigenvalue weighted by molar-refractivity contribution is 5.96. The number of hydrogen-bond donors (Lipinski definition) is 2. The molecule has 0 spiro atoms. The van der Waals surface area contributed by atoms with Gasteiger partial charge in [-0.1, -0.05) is 42.5 Å². The summed E-state index contributed by atoms with van der Waals surface area (Å²) >= 11 is 0. The van der Waals surface area contributed by atoms with Gasteiger partial charge < -0.3 is 10.2 Å². The number of nitrogens with one attached hydrogen (secondary N) is 2. The van der Waals surface area contributed by atoms with Crippen molar-refractivity contribution in [2.75, 3.05) is 24.3 Å². The summed E-state index contributed by atoms with van der Waals surface area (Å²) in [5, 5.41) is 12.1. The van der Waals surface area contributed by atoms with Gasteiger partial charge in [-0.2, -0.15) is 5.10 Å². The molecule has 4 aromatic rings. The van der Waals surface area contributed by atoms with E-state index in [-0.39, 0.29) is 5.91 Å².